The molecule has 82 valence electrons. The van der Waals surface area contributed by atoms with Crippen LogP contribution in [0.4, 0.5) is 5.82 Å². The maximum absolute atomic E-state index is 11.3. The van der Waals surface area contributed by atoms with E-state index in [0.29, 0.717) is 0 Å². The van der Waals surface area contributed by atoms with Gasteiger partial charge in [0.25, 0.3) is 6.33 Å². The van der Waals surface area contributed by atoms with E-state index in [0.717, 1.165) is 34.9 Å². The van der Waals surface area contributed by atoms with Gasteiger partial charge in [-0.05, 0) is 38.1 Å². The van der Waals surface area contributed by atoms with E-state index >= 15 is 0 Å². The van der Waals surface area contributed by atoms with Crippen LogP contribution < -0.4 is 9.63 Å². The summed E-state index contributed by atoms with van der Waals surface area (Å²) in [5.41, 5.74) is 1.76. The van der Waals surface area contributed by atoms with Crippen LogP contribution in [-0.4, -0.2) is 18.1 Å². The van der Waals surface area contributed by atoms with Crippen molar-refractivity contribution in [1.82, 2.24) is 4.98 Å². The Hall–Kier alpha value is -1.32. The van der Waals surface area contributed by atoms with Gasteiger partial charge in [0.05, 0.1) is 5.56 Å². The highest BCUT2D eigenvalue weighted by molar-refractivity contribution is 5.46. The van der Waals surface area contributed by atoms with Crippen LogP contribution in [0, 0.1) is 19.1 Å². The molecular weight excluding hydrogens is 190 g/mol. The van der Waals surface area contributed by atoms with Gasteiger partial charge in [-0.1, -0.05) is 0 Å². The van der Waals surface area contributed by atoms with Crippen LogP contribution >= 0.6 is 0 Å². The van der Waals surface area contributed by atoms with Gasteiger partial charge in [0, 0.05) is 13.1 Å². The maximum atomic E-state index is 11.3. The molecule has 0 amide bonds. The number of nitrogens with zero attached hydrogens (tertiary/aromatic N) is 3. The average molecular weight is 207 g/mol. The second-order valence-corrected chi connectivity index (χ2v) is 4.15. The van der Waals surface area contributed by atoms with Crippen molar-refractivity contribution in [2.24, 2.45) is 0 Å². The molecule has 1 aliphatic heterocycles. The lowest BCUT2D eigenvalue weighted by Gasteiger charge is -2.26. The zero-order chi connectivity index (χ0) is 10.8. The van der Waals surface area contributed by atoms with Crippen LogP contribution in [0.1, 0.15) is 30.5 Å². The molecule has 0 atom stereocenters. The summed E-state index contributed by atoms with van der Waals surface area (Å²) in [4.78, 5) is 6.52. The summed E-state index contributed by atoms with van der Waals surface area (Å²) in [5.74, 6) is 0.985. The van der Waals surface area contributed by atoms with Crippen LogP contribution in [0.3, 0.4) is 0 Å². The molecule has 1 aliphatic rings. The third-order valence-electron chi connectivity index (χ3n) is 3.15. The minimum Gasteiger partial charge on any atom is -0.711 e. The molecule has 0 unspecified atom stereocenters. The van der Waals surface area contributed by atoms with Crippen LogP contribution in [0.25, 0.3) is 0 Å². The summed E-state index contributed by atoms with van der Waals surface area (Å²) in [7, 11) is 0. The Morgan fingerprint density at radius 1 is 1.27 bits per heavy atom. The molecule has 0 spiro atoms. The first-order valence-corrected chi connectivity index (χ1v) is 5.50. The number of piperidine rings is 1. The largest absolute Gasteiger partial charge is 0.711 e. The maximum Gasteiger partial charge on any atom is 0.291 e. The summed E-state index contributed by atoms with van der Waals surface area (Å²) in [6.45, 7) is 5.95. The summed E-state index contributed by atoms with van der Waals surface area (Å²) in [6, 6.07) is 0. The molecule has 15 heavy (non-hydrogen) atoms. The molecule has 4 nitrogen and oxygen atoms in total. The van der Waals surface area contributed by atoms with Gasteiger partial charge >= 0.3 is 0 Å². The third kappa shape index (κ3) is 1.89. The van der Waals surface area contributed by atoms with Gasteiger partial charge in [0.2, 0.25) is 5.82 Å². The molecule has 2 heterocycles. The van der Waals surface area contributed by atoms with Crippen molar-refractivity contribution in [2.75, 3.05) is 18.0 Å². The Labute approximate surface area is 90.1 Å². The lowest BCUT2D eigenvalue weighted by atomic mass is 10.1. The molecule has 2 rings (SSSR count). The second kappa shape index (κ2) is 4.04. The molecule has 0 aliphatic carbocycles. The van der Waals surface area contributed by atoms with Gasteiger partial charge < -0.3 is 10.1 Å². The first-order chi connectivity index (χ1) is 7.20. The molecule has 0 bridgehead atoms. The summed E-state index contributed by atoms with van der Waals surface area (Å²) in [6.07, 6.45) is 5.13. The number of rotatable bonds is 1. The lowest BCUT2D eigenvalue weighted by Crippen LogP contribution is -2.36. The molecule has 1 saturated heterocycles. The van der Waals surface area contributed by atoms with Crippen molar-refractivity contribution in [3.05, 3.63) is 22.8 Å². The van der Waals surface area contributed by atoms with E-state index in [-0.39, 0.29) is 0 Å². The molecule has 0 radical (unpaired) electrons. The Balaban J connectivity index is 2.31. The Bertz CT molecular complexity index is 359. The number of hydrogen-bond donors (Lipinski definition) is 0. The highest BCUT2D eigenvalue weighted by Crippen LogP contribution is 2.21. The SMILES string of the molecule is Cc1c(N2CCCCC2)nc[n+]([O-])c1C. The Kier molecular flexibility index (Phi) is 2.75. The first-order valence-electron chi connectivity index (χ1n) is 5.50. The minimum absolute atomic E-state index is 0.755. The van der Waals surface area contributed by atoms with E-state index in [4.69, 9.17) is 0 Å². The van der Waals surface area contributed by atoms with Gasteiger partial charge in [-0.25, -0.2) is 4.73 Å². The van der Waals surface area contributed by atoms with Gasteiger partial charge in [0.1, 0.15) is 5.69 Å². The average Bonchev–Trinajstić information content (AvgIpc) is 2.27. The molecule has 0 N–H and O–H groups in total. The fourth-order valence-corrected chi connectivity index (χ4v) is 2.04. The molecule has 0 aromatic carbocycles. The predicted molar refractivity (Wildman–Crippen MR) is 58.7 cm³/mol. The molecular formula is C11H17N3O. The number of aromatic nitrogens is 2. The summed E-state index contributed by atoms with van der Waals surface area (Å²) < 4.78 is 0.836. The van der Waals surface area contributed by atoms with Crippen molar-refractivity contribution in [1.29, 1.82) is 0 Å². The summed E-state index contributed by atoms with van der Waals surface area (Å²) in [5, 5.41) is 11.3. The van der Waals surface area contributed by atoms with Gasteiger partial charge in [0.15, 0.2) is 0 Å². The van der Waals surface area contributed by atoms with Gasteiger partial charge in [-0.3, -0.25) is 0 Å². The van der Waals surface area contributed by atoms with E-state index in [1.165, 1.54) is 25.6 Å². The van der Waals surface area contributed by atoms with Crippen molar-refractivity contribution in [2.45, 2.75) is 33.1 Å². The molecule has 1 aromatic heterocycles. The van der Waals surface area contributed by atoms with Crippen molar-refractivity contribution < 1.29 is 4.73 Å². The highest BCUT2D eigenvalue weighted by atomic mass is 16.5. The van der Waals surface area contributed by atoms with Crippen molar-refractivity contribution >= 4 is 5.82 Å². The van der Waals surface area contributed by atoms with E-state index in [1.54, 1.807) is 0 Å². The van der Waals surface area contributed by atoms with Crippen LogP contribution in [0.5, 0.6) is 0 Å². The zero-order valence-corrected chi connectivity index (χ0v) is 9.36. The van der Waals surface area contributed by atoms with Gasteiger partial charge in [-0.15, -0.1) is 0 Å². The van der Waals surface area contributed by atoms with Gasteiger partial charge in [-0.2, -0.15) is 0 Å². The van der Waals surface area contributed by atoms with E-state index in [9.17, 15) is 5.21 Å². The van der Waals surface area contributed by atoms with Crippen LogP contribution in [0.2, 0.25) is 0 Å². The fourth-order valence-electron chi connectivity index (χ4n) is 2.04. The third-order valence-corrected chi connectivity index (χ3v) is 3.15. The first kappa shape index (κ1) is 10.2. The lowest BCUT2D eigenvalue weighted by molar-refractivity contribution is -0.615. The van der Waals surface area contributed by atoms with Crippen molar-refractivity contribution in [3.8, 4) is 0 Å². The fraction of sp³-hybridized carbons (Fsp3) is 0.636. The molecule has 1 fully saturated rings. The quantitative estimate of drug-likeness (QED) is 0.515. The predicted octanol–water partition coefficient (Wildman–Crippen LogP) is 1.32. The molecule has 1 aromatic rings. The standard InChI is InChI=1S/C11H17N3O/c1-9-10(2)14(15)8-12-11(9)13-6-4-3-5-7-13/h8H,3-7H2,1-2H3. The van der Waals surface area contributed by atoms with E-state index in [1.807, 2.05) is 13.8 Å². The van der Waals surface area contributed by atoms with Crippen LogP contribution in [-0.2, 0) is 0 Å². The minimum atomic E-state index is 0.755. The molecule has 4 heteroatoms. The van der Waals surface area contributed by atoms with Crippen LogP contribution in [0.15, 0.2) is 6.33 Å². The Morgan fingerprint density at radius 2 is 1.93 bits per heavy atom. The smallest absolute Gasteiger partial charge is 0.291 e. The highest BCUT2D eigenvalue weighted by Gasteiger charge is 2.20. The Morgan fingerprint density at radius 3 is 2.60 bits per heavy atom. The molecule has 0 saturated carbocycles. The monoisotopic (exact) mass is 207 g/mol. The number of hydrogen-bond acceptors (Lipinski definition) is 3. The van der Waals surface area contributed by atoms with Crippen molar-refractivity contribution in [3.63, 3.8) is 0 Å². The normalized spacial score (nSPS) is 16.8. The zero-order valence-electron chi connectivity index (χ0n) is 9.36. The summed E-state index contributed by atoms with van der Waals surface area (Å²) >= 11 is 0. The number of anilines is 1. The van der Waals surface area contributed by atoms with E-state index in [2.05, 4.69) is 9.88 Å². The second-order valence-electron chi connectivity index (χ2n) is 4.15. The van der Waals surface area contributed by atoms with E-state index < -0.39 is 0 Å². The topological polar surface area (TPSA) is 43.1 Å².